The molecule has 0 fully saturated rings. The van der Waals surface area contributed by atoms with Crippen molar-refractivity contribution < 1.29 is 13.2 Å². The van der Waals surface area contributed by atoms with Gasteiger partial charge in [-0.25, -0.2) is 4.98 Å². The molecule has 2 aromatic heterocycles. The molecule has 0 aliphatic carbocycles. The van der Waals surface area contributed by atoms with Gasteiger partial charge < -0.3 is 10.6 Å². The predicted octanol–water partition coefficient (Wildman–Crippen LogP) is 6.00. The van der Waals surface area contributed by atoms with Crippen LogP contribution in [0.15, 0.2) is 77.7 Å². The highest BCUT2D eigenvalue weighted by Gasteiger charge is 2.32. The zero-order valence-electron chi connectivity index (χ0n) is 18.1. The second kappa shape index (κ2) is 8.90. The molecule has 0 unspecified atom stereocenters. The summed E-state index contributed by atoms with van der Waals surface area (Å²) < 4.78 is 40.4. The molecule has 0 saturated heterocycles. The number of aromatic nitrogens is 2. The number of fused-ring (bicyclic) bond motifs is 3. The normalized spacial score (nSPS) is 15.6. The predicted molar refractivity (Wildman–Crippen MR) is 126 cm³/mol. The first-order valence-electron chi connectivity index (χ1n) is 10.4. The van der Waals surface area contributed by atoms with Crippen LogP contribution in [-0.4, -0.2) is 22.7 Å². The molecule has 2 N–H and O–H groups in total. The van der Waals surface area contributed by atoms with Crippen molar-refractivity contribution in [1.82, 2.24) is 9.97 Å². The fourth-order valence-electron chi connectivity index (χ4n) is 3.78. The Morgan fingerprint density at radius 3 is 2.70 bits per heavy atom. The van der Waals surface area contributed by atoms with Crippen molar-refractivity contribution in [2.45, 2.75) is 19.5 Å². The number of allylic oxidation sites excluding steroid dienone is 3. The number of hydrogen-bond donors (Lipinski definition) is 1. The van der Waals surface area contributed by atoms with E-state index in [0.717, 1.165) is 23.4 Å². The van der Waals surface area contributed by atoms with Crippen molar-refractivity contribution in [3.05, 3.63) is 89.5 Å². The number of rotatable bonds is 4. The highest BCUT2D eigenvalue weighted by molar-refractivity contribution is 6.09. The highest BCUT2D eigenvalue weighted by atomic mass is 19.4. The fourth-order valence-corrected chi connectivity index (χ4v) is 3.78. The molecule has 5 nitrogen and oxygen atoms in total. The maximum absolute atomic E-state index is 13.5. The van der Waals surface area contributed by atoms with E-state index in [1.807, 2.05) is 31.2 Å². The Morgan fingerprint density at radius 2 is 2.00 bits per heavy atom. The molecule has 0 saturated carbocycles. The summed E-state index contributed by atoms with van der Waals surface area (Å²) in [5, 5.41) is 0. The van der Waals surface area contributed by atoms with E-state index in [1.165, 1.54) is 12.3 Å². The minimum atomic E-state index is -4.45. The summed E-state index contributed by atoms with van der Waals surface area (Å²) in [6.45, 7) is 1.98. The number of hydrogen-bond acceptors (Lipinski definition) is 5. The van der Waals surface area contributed by atoms with E-state index in [4.69, 9.17) is 10.7 Å². The second-order valence-electron chi connectivity index (χ2n) is 7.35. The standard InChI is InChI=1S/C25H22F3N5/c1-3-5-18-9-8-16-15-31-22-11-10-21(20(30-2)12-13-29)32-23(22)24(16)33(18)19-7-4-6-17(14-19)25(26,27)28/h4-15H,3,29H2,1-2H3/b13-12?,18-5-,30-20?. The van der Waals surface area contributed by atoms with Crippen molar-refractivity contribution in [3.63, 3.8) is 0 Å². The maximum atomic E-state index is 13.5. The van der Waals surface area contributed by atoms with E-state index in [0.29, 0.717) is 40.2 Å². The third kappa shape index (κ3) is 4.24. The van der Waals surface area contributed by atoms with Gasteiger partial charge in [-0.1, -0.05) is 19.1 Å². The molecule has 8 heteroatoms. The molecule has 0 bridgehead atoms. The third-order valence-electron chi connectivity index (χ3n) is 5.23. The van der Waals surface area contributed by atoms with Gasteiger partial charge in [-0.05, 0) is 61.2 Å². The number of benzene rings is 1. The molecule has 1 aliphatic heterocycles. The van der Waals surface area contributed by atoms with Crippen LogP contribution in [-0.2, 0) is 6.18 Å². The smallest absolute Gasteiger partial charge is 0.405 e. The van der Waals surface area contributed by atoms with Gasteiger partial charge in [0.05, 0.1) is 28.2 Å². The van der Waals surface area contributed by atoms with Gasteiger partial charge in [0.25, 0.3) is 0 Å². The van der Waals surface area contributed by atoms with Crippen molar-refractivity contribution >= 4 is 34.2 Å². The number of anilines is 2. The largest absolute Gasteiger partial charge is 0.416 e. The first-order chi connectivity index (χ1) is 15.9. The van der Waals surface area contributed by atoms with Crippen LogP contribution in [0, 0.1) is 0 Å². The molecule has 3 heterocycles. The Hall–Kier alpha value is -3.94. The summed E-state index contributed by atoms with van der Waals surface area (Å²) in [5.74, 6) is 0. The van der Waals surface area contributed by atoms with Gasteiger partial charge in [-0.3, -0.25) is 9.98 Å². The number of nitrogens with two attached hydrogens (primary N) is 1. The van der Waals surface area contributed by atoms with Crippen LogP contribution < -0.4 is 10.6 Å². The number of alkyl halides is 3. The summed E-state index contributed by atoms with van der Waals surface area (Å²) in [4.78, 5) is 15.3. The van der Waals surface area contributed by atoms with Gasteiger partial charge in [0.15, 0.2) is 0 Å². The van der Waals surface area contributed by atoms with Crippen molar-refractivity contribution in [2.75, 3.05) is 11.9 Å². The molecule has 1 aliphatic rings. The molecule has 33 heavy (non-hydrogen) atoms. The summed E-state index contributed by atoms with van der Waals surface area (Å²) in [7, 11) is 1.64. The molecule has 4 rings (SSSR count). The lowest BCUT2D eigenvalue weighted by molar-refractivity contribution is -0.137. The zero-order chi connectivity index (χ0) is 23.6. The Labute approximate surface area is 189 Å². The van der Waals surface area contributed by atoms with Crippen LogP contribution in [0.4, 0.5) is 24.5 Å². The summed E-state index contributed by atoms with van der Waals surface area (Å²) in [6.07, 6.45) is 6.72. The van der Waals surface area contributed by atoms with Crippen LogP contribution in [0.5, 0.6) is 0 Å². The molecule has 1 aromatic carbocycles. The number of pyridine rings is 2. The number of nitrogens with zero attached hydrogens (tertiary/aromatic N) is 4. The van der Waals surface area contributed by atoms with E-state index in [-0.39, 0.29) is 0 Å². The molecule has 0 radical (unpaired) electrons. The first-order valence-corrected chi connectivity index (χ1v) is 10.4. The minimum Gasteiger partial charge on any atom is -0.405 e. The molecule has 0 amide bonds. The molecule has 3 aromatic rings. The molecule has 0 spiro atoms. The zero-order valence-corrected chi connectivity index (χ0v) is 18.1. The molecule has 168 valence electrons. The van der Waals surface area contributed by atoms with Crippen LogP contribution in [0.1, 0.15) is 30.2 Å². The molecule has 0 atom stereocenters. The van der Waals surface area contributed by atoms with Gasteiger partial charge in [0.2, 0.25) is 0 Å². The van der Waals surface area contributed by atoms with E-state index in [9.17, 15) is 13.2 Å². The first kappa shape index (κ1) is 22.3. The van der Waals surface area contributed by atoms with E-state index in [2.05, 4.69) is 9.98 Å². The average molecular weight is 449 g/mol. The van der Waals surface area contributed by atoms with Crippen molar-refractivity contribution in [2.24, 2.45) is 10.7 Å². The summed E-state index contributed by atoms with van der Waals surface area (Å²) >= 11 is 0. The number of aliphatic imine (C=N–C) groups is 1. The molecular formula is C25H22F3N5. The minimum absolute atomic E-state index is 0.390. The summed E-state index contributed by atoms with van der Waals surface area (Å²) in [5.41, 5.74) is 9.74. The third-order valence-corrected chi connectivity index (χ3v) is 5.23. The van der Waals surface area contributed by atoms with Gasteiger partial charge in [0, 0.05) is 30.2 Å². The lowest BCUT2D eigenvalue weighted by atomic mass is 10.0. The quantitative estimate of drug-likeness (QED) is 0.496. The van der Waals surface area contributed by atoms with Gasteiger partial charge in [-0.15, -0.1) is 0 Å². The maximum Gasteiger partial charge on any atom is 0.416 e. The second-order valence-corrected chi connectivity index (χ2v) is 7.35. The molecular weight excluding hydrogens is 427 g/mol. The van der Waals surface area contributed by atoms with Crippen molar-refractivity contribution in [3.8, 4) is 0 Å². The van der Waals surface area contributed by atoms with Gasteiger partial charge in [-0.2, -0.15) is 13.2 Å². The Bertz CT molecular complexity index is 1320. The van der Waals surface area contributed by atoms with Gasteiger partial charge >= 0.3 is 6.18 Å². The topological polar surface area (TPSA) is 67.4 Å². The van der Waals surface area contributed by atoms with E-state index in [1.54, 1.807) is 36.4 Å². The Balaban J connectivity index is 2.01. The Morgan fingerprint density at radius 1 is 1.18 bits per heavy atom. The average Bonchev–Trinajstić information content (AvgIpc) is 2.81. The van der Waals surface area contributed by atoms with Crippen LogP contribution in [0.25, 0.3) is 17.1 Å². The monoisotopic (exact) mass is 449 g/mol. The lowest BCUT2D eigenvalue weighted by Gasteiger charge is -2.31. The van der Waals surface area contributed by atoms with Crippen LogP contribution >= 0.6 is 0 Å². The van der Waals surface area contributed by atoms with Crippen molar-refractivity contribution in [1.29, 1.82) is 0 Å². The van der Waals surface area contributed by atoms with E-state index >= 15 is 0 Å². The fraction of sp³-hybridized carbons (Fsp3) is 0.160. The summed E-state index contributed by atoms with van der Waals surface area (Å²) in [6, 6.07) is 8.90. The van der Waals surface area contributed by atoms with Gasteiger partial charge in [0.1, 0.15) is 5.52 Å². The Kier molecular flexibility index (Phi) is 6.00. The van der Waals surface area contributed by atoms with E-state index < -0.39 is 11.7 Å². The van der Waals surface area contributed by atoms with Crippen LogP contribution in [0.2, 0.25) is 0 Å². The number of halogens is 3. The SMILES string of the molecule is CC/C=C1/C=Cc2cnc3ccc(C(C=CN)=NC)nc3c2N1c1cccc(C(F)(F)F)c1. The highest BCUT2D eigenvalue weighted by Crippen LogP contribution is 2.42. The lowest BCUT2D eigenvalue weighted by Crippen LogP contribution is -2.20. The van der Waals surface area contributed by atoms with Crippen LogP contribution in [0.3, 0.4) is 0 Å².